The van der Waals surface area contributed by atoms with Gasteiger partial charge in [0.25, 0.3) is 10.0 Å². The number of aryl methyl sites for hydroxylation is 1. The summed E-state index contributed by atoms with van der Waals surface area (Å²) in [5.74, 6) is 0. The molecule has 16 heavy (non-hydrogen) atoms. The van der Waals surface area contributed by atoms with Crippen molar-refractivity contribution < 1.29 is 8.42 Å². The zero-order valence-electron chi connectivity index (χ0n) is 8.66. The van der Waals surface area contributed by atoms with E-state index in [4.69, 9.17) is 5.14 Å². The minimum absolute atomic E-state index is 0.0266. The van der Waals surface area contributed by atoms with Crippen molar-refractivity contribution in [3.8, 4) is 11.1 Å². The van der Waals surface area contributed by atoms with Gasteiger partial charge in [-0.1, -0.05) is 30.3 Å². The lowest BCUT2D eigenvalue weighted by Gasteiger charge is -2.03. The van der Waals surface area contributed by atoms with Crippen LogP contribution in [-0.4, -0.2) is 18.2 Å². The van der Waals surface area contributed by atoms with Gasteiger partial charge in [0.2, 0.25) is 0 Å². The second-order valence-electron chi connectivity index (χ2n) is 3.40. The number of hydrogen-bond acceptors (Lipinski definition) is 3. The normalized spacial score (nSPS) is 11.6. The summed E-state index contributed by atoms with van der Waals surface area (Å²) in [4.78, 5) is 0. The molecular formula is C10H11N3O2S. The highest BCUT2D eigenvalue weighted by Crippen LogP contribution is 2.25. The second-order valence-corrected chi connectivity index (χ2v) is 4.87. The summed E-state index contributed by atoms with van der Waals surface area (Å²) in [6.07, 6.45) is 1.50. The van der Waals surface area contributed by atoms with E-state index in [2.05, 4.69) is 5.10 Å². The highest BCUT2D eigenvalue weighted by Gasteiger charge is 2.20. The van der Waals surface area contributed by atoms with Gasteiger partial charge in [0.15, 0.2) is 5.03 Å². The molecule has 0 atom stereocenters. The first-order valence-electron chi connectivity index (χ1n) is 4.60. The molecular weight excluding hydrogens is 226 g/mol. The largest absolute Gasteiger partial charge is 0.256 e. The van der Waals surface area contributed by atoms with Gasteiger partial charge in [0.05, 0.1) is 6.20 Å². The Morgan fingerprint density at radius 1 is 1.25 bits per heavy atom. The Hall–Kier alpha value is -1.66. The Morgan fingerprint density at radius 2 is 1.88 bits per heavy atom. The lowest BCUT2D eigenvalue weighted by molar-refractivity contribution is 0.579. The number of nitrogens with zero attached hydrogens (tertiary/aromatic N) is 2. The molecule has 84 valence electrons. The summed E-state index contributed by atoms with van der Waals surface area (Å²) in [5.41, 5.74) is 1.30. The Bertz CT molecular complexity index is 602. The molecule has 0 fully saturated rings. The van der Waals surface area contributed by atoms with Crippen molar-refractivity contribution in [2.45, 2.75) is 5.03 Å². The third kappa shape index (κ3) is 1.84. The van der Waals surface area contributed by atoms with Crippen molar-refractivity contribution >= 4 is 10.0 Å². The number of sulfonamides is 1. The van der Waals surface area contributed by atoms with Gasteiger partial charge < -0.3 is 0 Å². The smallest absolute Gasteiger partial charge is 0.255 e. The molecule has 2 N–H and O–H groups in total. The lowest BCUT2D eigenvalue weighted by Crippen LogP contribution is -2.17. The zero-order chi connectivity index (χ0) is 11.8. The van der Waals surface area contributed by atoms with Crippen LogP contribution in [0.4, 0.5) is 0 Å². The molecule has 0 aliphatic heterocycles. The molecule has 0 aliphatic rings. The standard InChI is InChI=1S/C10H11N3O2S/c1-13-10(16(11,14)15)9(7-12-13)8-5-3-2-4-6-8/h2-7H,1H3,(H2,11,14,15). The predicted octanol–water partition coefficient (Wildman–Crippen LogP) is 0.735. The van der Waals surface area contributed by atoms with E-state index in [1.165, 1.54) is 10.9 Å². The maximum atomic E-state index is 11.4. The quantitative estimate of drug-likeness (QED) is 0.836. The number of nitrogens with two attached hydrogens (primary N) is 1. The van der Waals surface area contributed by atoms with E-state index in [1.54, 1.807) is 7.05 Å². The van der Waals surface area contributed by atoms with Crippen LogP contribution < -0.4 is 5.14 Å². The van der Waals surface area contributed by atoms with Gasteiger partial charge in [0, 0.05) is 12.6 Å². The molecule has 6 heteroatoms. The van der Waals surface area contributed by atoms with Gasteiger partial charge in [0.1, 0.15) is 0 Å². The predicted molar refractivity (Wildman–Crippen MR) is 60.0 cm³/mol. The zero-order valence-corrected chi connectivity index (χ0v) is 9.48. The molecule has 0 aliphatic carbocycles. The molecule has 1 heterocycles. The van der Waals surface area contributed by atoms with Crippen molar-refractivity contribution in [2.75, 3.05) is 0 Å². The van der Waals surface area contributed by atoms with Crippen LogP contribution in [0.25, 0.3) is 11.1 Å². The summed E-state index contributed by atoms with van der Waals surface area (Å²) < 4.78 is 24.1. The molecule has 2 aromatic rings. The van der Waals surface area contributed by atoms with Gasteiger partial charge in [-0.25, -0.2) is 13.6 Å². The summed E-state index contributed by atoms with van der Waals surface area (Å²) in [6, 6.07) is 9.14. The number of rotatable bonds is 2. The number of primary sulfonamides is 1. The van der Waals surface area contributed by atoms with Gasteiger partial charge in [-0.15, -0.1) is 0 Å². The van der Waals surface area contributed by atoms with Gasteiger partial charge in [-0.3, -0.25) is 4.68 Å². The van der Waals surface area contributed by atoms with Crippen molar-refractivity contribution in [1.29, 1.82) is 0 Å². The second kappa shape index (κ2) is 3.73. The Morgan fingerprint density at radius 3 is 2.44 bits per heavy atom. The Balaban J connectivity index is 2.69. The maximum absolute atomic E-state index is 11.4. The van der Waals surface area contributed by atoms with E-state index in [-0.39, 0.29) is 5.03 Å². The first kappa shape index (κ1) is 10.8. The SMILES string of the molecule is Cn1ncc(-c2ccccc2)c1S(N)(=O)=O. The Kier molecular flexibility index (Phi) is 2.53. The number of aromatic nitrogens is 2. The molecule has 0 bridgehead atoms. The van der Waals surface area contributed by atoms with Gasteiger partial charge >= 0.3 is 0 Å². The van der Waals surface area contributed by atoms with Crippen molar-refractivity contribution in [1.82, 2.24) is 9.78 Å². The molecule has 1 aromatic carbocycles. The lowest BCUT2D eigenvalue weighted by atomic mass is 10.1. The molecule has 1 aromatic heterocycles. The highest BCUT2D eigenvalue weighted by molar-refractivity contribution is 7.89. The molecule has 5 nitrogen and oxygen atoms in total. The van der Waals surface area contributed by atoms with Crippen LogP contribution in [0.1, 0.15) is 0 Å². The van der Waals surface area contributed by atoms with Crippen LogP contribution >= 0.6 is 0 Å². The molecule has 2 rings (SSSR count). The molecule has 0 radical (unpaired) electrons. The van der Waals surface area contributed by atoms with E-state index in [0.29, 0.717) is 5.56 Å². The third-order valence-corrected chi connectivity index (χ3v) is 3.26. The van der Waals surface area contributed by atoms with Crippen molar-refractivity contribution in [3.05, 3.63) is 36.5 Å². The maximum Gasteiger partial charge on any atom is 0.255 e. The topological polar surface area (TPSA) is 78.0 Å². The Labute approximate surface area is 93.6 Å². The van der Waals surface area contributed by atoms with Crippen molar-refractivity contribution in [2.24, 2.45) is 12.2 Å². The van der Waals surface area contributed by atoms with E-state index in [1.807, 2.05) is 30.3 Å². The molecule has 0 saturated heterocycles. The van der Waals surface area contributed by atoms with Crippen LogP contribution in [-0.2, 0) is 17.1 Å². The highest BCUT2D eigenvalue weighted by atomic mass is 32.2. The van der Waals surface area contributed by atoms with E-state index >= 15 is 0 Å². The monoisotopic (exact) mass is 237 g/mol. The van der Waals surface area contributed by atoms with Crippen molar-refractivity contribution in [3.63, 3.8) is 0 Å². The fraction of sp³-hybridized carbons (Fsp3) is 0.100. The van der Waals surface area contributed by atoms with Crippen LogP contribution in [0.3, 0.4) is 0 Å². The van der Waals surface area contributed by atoms with Crippen LogP contribution in [0.2, 0.25) is 0 Å². The average Bonchev–Trinajstić information content (AvgIpc) is 2.61. The molecule has 0 amide bonds. The van der Waals surface area contributed by atoms with Gasteiger partial charge in [-0.2, -0.15) is 5.10 Å². The number of benzene rings is 1. The van der Waals surface area contributed by atoms with Gasteiger partial charge in [-0.05, 0) is 5.56 Å². The first-order valence-corrected chi connectivity index (χ1v) is 6.15. The third-order valence-electron chi connectivity index (χ3n) is 2.24. The fourth-order valence-electron chi connectivity index (χ4n) is 1.58. The van der Waals surface area contributed by atoms with Crippen LogP contribution in [0.5, 0.6) is 0 Å². The first-order chi connectivity index (χ1) is 7.50. The number of hydrogen-bond donors (Lipinski definition) is 1. The summed E-state index contributed by atoms with van der Waals surface area (Å²) in [6.45, 7) is 0. The van der Waals surface area contributed by atoms with Crippen LogP contribution in [0.15, 0.2) is 41.6 Å². The summed E-state index contributed by atoms with van der Waals surface area (Å²) in [5, 5.41) is 9.10. The van der Waals surface area contributed by atoms with E-state index in [9.17, 15) is 8.42 Å². The fourth-order valence-corrected chi connectivity index (χ4v) is 2.47. The minimum atomic E-state index is -3.77. The van der Waals surface area contributed by atoms with E-state index in [0.717, 1.165) is 5.56 Å². The minimum Gasteiger partial charge on any atom is -0.256 e. The molecule has 0 spiro atoms. The molecule has 0 saturated carbocycles. The summed E-state index contributed by atoms with van der Waals surface area (Å²) in [7, 11) is -2.22. The van der Waals surface area contributed by atoms with E-state index < -0.39 is 10.0 Å². The summed E-state index contributed by atoms with van der Waals surface area (Å²) >= 11 is 0. The molecule has 0 unspecified atom stereocenters. The van der Waals surface area contributed by atoms with Crippen LogP contribution in [0, 0.1) is 0 Å². The average molecular weight is 237 g/mol.